The fraction of sp³-hybridized carbons (Fsp3) is 0.533. The van der Waals surface area contributed by atoms with Crippen molar-refractivity contribution in [3.05, 3.63) is 22.7 Å². The molecule has 0 aliphatic carbocycles. The third-order valence-corrected chi connectivity index (χ3v) is 4.05. The summed E-state index contributed by atoms with van der Waals surface area (Å²) >= 11 is 5.97. The first kappa shape index (κ1) is 22.1. The van der Waals surface area contributed by atoms with E-state index in [1.807, 2.05) is 0 Å². The third-order valence-electron chi connectivity index (χ3n) is 3.73. The van der Waals surface area contributed by atoms with Gasteiger partial charge in [-0.3, -0.25) is 4.79 Å². The summed E-state index contributed by atoms with van der Waals surface area (Å²) in [4.78, 5) is 14.6. The lowest BCUT2D eigenvalue weighted by Gasteiger charge is -2.26. The van der Waals surface area contributed by atoms with Gasteiger partial charge in [-0.05, 0) is 32.0 Å². The van der Waals surface area contributed by atoms with Crippen LogP contribution in [0.25, 0.3) is 0 Å². The van der Waals surface area contributed by atoms with Gasteiger partial charge in [0, 0.05) is 19.2 Å². The number of ether oxygens (including phenoxy) is 1. The highest BCUT2D eigenvalue weighted by atomic mass is 35.5. The maximum Gasteiger partial charge on any atom is 0.255 e. The number of nitrogens with zero attached hydrogens (tertiary/aromatic N) is 1. The molecule has 0 spiro atoms. The Morgan fingerprint density at radius 3 is 2.57 bits per heavy atom. The SMILES string of the molecule is COc1cc(N)c(Cl)cc1C(=O)NCCN1CCCCC1.Cl.Cl. The maximum atomic E-state index is 12.2. The minimum Gasteiger partial charge on any atom is -0.496 e. The van der Waals surface area contributed by atoms with Crippen molar-refractivity contribution in [1.29, 1.82) is 0 Å². The molecule has 8 heteroatoms. The standard InChI is InChI=1S/C15H22ClN3O2.2ClH/c1-21-14-10-13(17)12(16)9-11(14)15(20)18-5-8-19-6-3-2-4-7-19;;/h9-10H,2-8,17H2,1H3,(H,18,20);2*1H. The number of piperidine rings is 1. The Balaban J connectivity index is 0.00000242. The van der Waals surface area contributed by atoms with Gasteiger partial charge in [-0.15, -0.1) is 24.8 Å². The van der Waals surface area contributed by atoms with Gasteiger partial charge >= 0.3 is 0 Å². The van der Waals surface area contributed by atoms with E-state index in [1.165, 1.54) is 26.4 Å². The van der Waals surface area contributed by atoms with Crippen molar-refractivity contribution in [2.75, 3.05) is 39.0 Å². The Bertz CT molecular complexity index is 509. The van der Waals surface area contributed by atoms with Crippen molar-refractivity contribution in [3.8, 4) is 5.75 Å². The number of likely N-dealkylation sites (tertiary alicyclic amines) is 1. The normalized spacial score (nSPS) is 14.3. The summed E-state index contributed by atoms with van der Waals surface area (Å²) in [5.41, 5.74) is 6.53. The second-order valence-corrected chi connectivity index (χ2v) is 5.64. The number of hydrogen-bond acceptors (Lipinski definition) is 4. The van der Waals surface area contributed by atoms with Gasteiger partial charge in [0.25, 0.3) is 5.91 Å². The number of benzene rings is 1. The van der Waals surface area contributed by atoms with E-state index in [9.17, 15) is 4.79 Å². The quantitative estimate of drug-likeness (QED) is 0.766. The summed E-state index contributed by atoms with van der Waals surface area (Å²) in [7, 11) is 1.51. The number of methoxy groups -OCH3 is 1. The number of nitrogen functional groups attached to an aromatic ring is 1. The number of carbonyl (C=O) groups excluding carboxylic acids is 1. The Hall–Kier alpha value is -0.880. The van der Waals surface area contributed by atoms with Crippen molar-refractivity contribution in [3.63, 3.8) is 0 Å². The monoisotopic (exact) mass is 383 g/mol. The largest absolute Gasteiger partial charge is 0.496 e. The van der Waals surface area contributed by atoms with Gasteiger partial charge in [0.2, 0.25) is 0 Å². The Kier molecular flexibility index (Phi) is 10.4. The molecule has 1 saturated heterocycles. The van der Waals surface area contributed by atoms with Crippen molar-refractivity contribution >= 4 is 48.0 Å². The summed E-state index contributed by atoms with van der Waals surface area (Å²) in [6, 6.07) is 3.12. The number of rotatable bonds is 5. The molecular formula is C15H24Cl3N3O2. The van der Waals surface area contributed by atoms with E-state index in [4.69, 9.17) is 22.1 Å². The predicted octanol–water partition coefficient (Wildman–Crippen LogP) is 2.99. The molecule has 0 aromatic heterocycles. The van der Waals surface area contributed by atoms with E-state index in [2.05, 4.69) is 10.2 Å². The molecule has 23 heavy (non-hydrogen) atoms. The van der Waals surface area contributed by atoms with Crippen LogP contribution in [0.1, 0.15) is 29.6 Å². The molecule has 2 rings (SSSR count). The number of hydrogen-bond donors (Lipinski definition) is 2. The summed E-state index contributed by atoms with van der Waals surface area (Å²) in [6.45, 7) is 3.72. The number of carbonyl (C=O) groups is 1. The molecule has 0 saturated carbocycles. The minimum atomic E-state index is -0.189. The topological polar surface area (TPSA) is 67.6 Å². The third kappa shape index (κ3) is 6.26. The zero-order chi connectivity index (χ0) is 15.2. The smallest absolute Gasteiger partial charge is 0.255 e. The molecule has 3 N–H and O–H groups in total. The van der Waals surface area contributed by atoms with Crippen LogP contribution in [0.4, 0.5) is 5.69 Å². The lowest BCUT2D eigenvalue weighted by Crippen LogP contribution is -2.37. The molecule has 1 aromatic rings. The minimum absolute atomic E-state index is 0. The first-order valence-corrected chi connectivity index (χ1v) is 7.63. The molecule has 1 fully saturated rings. The van der Waals surface area contributed by atoms with E-state index in [-0.39, 0.29) is 30.7 Å². The molecule has 132 valence electrons. The van der Waals surface area contributed by atoms with E-state index in [0.29, 0.717) is 28.6 Å². The van der Waals surface area contributed by atoms with Gasteiger partial charge in [-0.2, -0.15) is 0 Å². The molecule has 1 aliphatic rings. The van der Waals surface area contributed by atoms with E-state index >= 15 is 0 Å². The highest BCUT2D eigenvalue weighted by Gasteiger charge is 2.15. The van der Waals surface area contributed by atoms with Crippen molar-refractivity contribution in [1.82, 2.24) is 10.2 Å². The van der Waals surface area contributed by atoms with Crippen LogP contribution in [-0.4, -0.2) is 44.1 Å². The van der Waals surface area contributed by atoms with E-state index in [0.717, 1.165) is 19.6 Å². The number of amides is 1. The number of nitrogens with two attached hydrogens (primary N) is 1. The first-order chi connectivity index (χ1) is 10.1. The van der Waals surface area contributed by atoms with Gasteiger partial charge in [0.05, 0.1) is 23.4 Å². The van der Waals surface area contributed by atoms with Gasteiger partial charge in [-0.1, -0.05) is 18.0 Å². The summed E-state index contributed by atoms with van der Waals surface area (Å²) in [5, 5.41) is 3.27. The highest BCUT2D eigenvalue weighted by Crippen LogP contribution is 2.28. The van der Waals surface area contributed by atoms with Crippen LogP contribution < -0.4 is 15.8 Å². The number of anilines is 1. The molecule has 1 aromatic carbocycles. The van der Waals surface area contributed by atoms with Crippen molar-refractivity contribution < 1.29 is 9.53 Å². The number of halogens is 3. The maximum absolute atomic E-state index is 12.2. The average Bonchev–Trinajstić information content (AvgIpc) is 2.50. The Morgan fingerprint density at radius 2 is 1.96 bits per heavy atom. The first-order valence-electron chi connectivity index (χ1n) is 7.25. The zero-order valence-corrected chi connectivity index (χ0v) is 15.5. The predicted molar refractivity (Wildman–Crippen MR) is 99.5 cm³/mol. The van der Waals surface area contributed by atoms with Gasteiger partial charge in [0.15, 0.2) is 0 Å². The van der Waals surface area contributed by atoms with Crippen LogP contribution in [0, 0.1) is 0 Å². The summed E-state index contributed by atoms with van der Waals surface area (Å²) < 4.78 is 5.19. The molecule has 5 nitrogen and oxygen atoms in total. The molecule has 0 radical (unpaired) electrons. The van der Waals surface area contributed by atoms with Crippen LogP contribution in [0.15, 0.2) is 12.1 Å². The van der Waals surface area contributed by atoms with Gasteiger partial charge < -0.3 is 20.7 Å². The lowest BCUT2D eigenvalue weighted by atomic mass is 10.1. The summed E-state index contributed by atoms with van der Waals surface area (Å²) in [5.74, 6) is 0.248. The molecular weight excluding hydrogens is 361 g/mol. The van der Waals surface area contributed by atoms with Gasteiger partial charge in [0.1, 0.15) is 5.75 Å². The number of nitrogens with one attached hydrogen (secondary N) is 1. The Morgan fingerprint density at radius 1 is 1.30 bits per heavy atom. The molecule has 1 aliphatic heterocycles. The molecule has 1 amide bonds. The lowest BCUT2D eigenvalue weighted by molar-refractivity contribution is 0.0943. The highest BCUT2D eigenvalue weighted by molar-refractivity contribution is 6.33. The van der Waals surface area contributed by atoms with Crippen LogP contribution in [0.5, 0.6) is 5.75 Å². The van der Waals surface area contributed by atoms with E-state index < -0.39 is 0 Å². The van der Waals surface area contributed by atoms with Crippen LogP contribution >= 0.6 is 36.4 Å². The van der Waals surface area contributed by atoms with Crippen LogP contribution in [0.2, 0.25) is 5.02 Å². The second kappa shape index (κ2) is 10.8. The fourth-order valence-electron chi connectivity index (χ4n) is 2.52. The summed E-state index contributed by atoms with van der Waals surface area (Å²) in [6.07, 6.45) is 3.80. The van der Waals surface area contributed by atoms with E-state index in [1.54, 1.807) is 12.1 Å². The Labute approximate surface area is 154 Å². The second-order valence-electron chi connectivity index (χ2n) is 5.23. The molecule has 1 heterocycles. The van der Waals surface area contributed by atoms with Gasteiger partial charge in [-0.25, -0.2) is 0 Å². The van der Waals surface area contributed by atoms with Crippen LogP contribution in [0.3, 0.4) is 0 Å². The van der Waals surface area contributed by atoms with Crippen molar-refractivity contribution in [2.45, 2.75) is 19.3 Å². The molecule has 0 unspecified atom stereocenters. The fourth-order valence-corrected chi connectivity index (χ4v) is 2.68. The average molecular weight is 385 g/mol. The van der Waals surface area contributed by atoms with Crippen LogP contribution in [-0.2, 0) is 0 Å². The zero-order valence-electron chi connectivity index (χ0n) is 13.1. The molecule has 0 atom stereocenters. The molecule has 0 bridgehead atoms. The van der Waals surface area contributed by atoms with Crippen molar-refractivity contribution in [2.24, 2.45) is 0 Å².